The Morgan fingerprint density at radius 2 is 2.00 bits per heavy atom. The van der Waals surface area contributed by atoms with Gasteiger partial charge >= 0.3 is 0 Å². The van der Waals surface area contributed by atoms with Gasteiger partial charge in [0, 0.05) is 39.0 Å². The van der Waals surface area contributed by atoms with Crippen LogP contribution in [-0.2, 0) is 16.0 Å². The van der Waals surface area contributed by atoms with Gasteiger partial charge in [-0.15, -0.1) is 0 Å². The third-order valence-corrected chi connectivity index (χ3v) is 5.69. The average Bonchev–Trinajstić information content (AvgIpc) is 3.43. The van der Waals surface area contributed by atoms with Crippen molar-refractivity contribution in [1.29, 1.82) is 0 Å². The molecular weight excluding hydrogens is 360 g/mol. The van der Waals surface area contributed by atoms with Gasteiger partial charge < -0.3 is 18.6 Å². The minimum absolute atomic E-state index is 0.171. The first-order valence-corrected chi connectivity index (χ1v) is 10.2. The molecule has 4 rings (SSSR count). The van der Waals surface area contributed by atoms with Crippen molar-refractivity contribution in [3.63, 3.8) is 0 Å². The van der Waals surface area contributed by atoms with E-state index in [4.69, 9.17) is 13.7 Å². The summed E-state index contributed by atoms with van der Waals surface area (Å²) in [6.07, 6.45) is 5.85. The minimum Gasteiger partial charge on any atom is -0.461 e. The van der Waals surface area contributed by atoms with Gasteiger partial charge in [0.2, 0.25) is 17.6 Å². The predicted octanol–water partition coefficient (Wildman–Crippen LogP) is 2.22. The molecule has 0 bridgehead atoms. The number of furan rings is 1. The molecule has 2 aliphatic rings. The van der Waals surface area contributed by atoms with Crippen LogP contribution in [0.1, 0.15) is 31.6 Å². The zero-order valence-corrected chi connectivity index (χ0v) is 16.2. The molecule has 152 valence electrons. The van der Waals surface area contributed by atoms with Gasteiger partial charge in [0.05, 0.1) is 19.5 Å². The molecule has 0 atom stereocenters. The molecule has 0 spiro atoms. The smallest absolute Gasteiger partial charge is 0.238 e. The molecule has 28 heavy (non-hydrogen) atoms. The SMILES string of the molecule is O=C(CCc1nc(-c2ccco2)no1)N1CCC(CCN2CCOCC2)CC1. The molecule has 0 unspecified atom stereocenters. The maximum atomic E-state index is 12.5. The predicted molar refractivity (Wildman–Crippen MR) is 102 cm³/mol. The molecule has 0 N–H and O–H groups in total. The van der Waals surface area contributed by atoms with E-state index in [0.29, 0.717) is 30.3 Å². The van der Waals surface area contributed by atoms with Crippen molar-refractivity contribution in [3.05, 3.63) is 24.3 Å². The minimum atomic E-state index is 0.171. The number of carbonyl (C=O) groups excluding carboxylic acids is 1. The summed E-state index contributed by atoms with van der Waals surface area (Å²) in [5.74, 6) is 2.36. The second-order valence-corrected chi connectivity index (χ2v) is 7.56. The molecule has 8 heteroatoms. The van der Waals surface area contributed by atoms with Crippen molar-refractivity contribution < 1.29 is 18.5 Å². The van der Waals surface area contributed by atoms with E-state index in [1.165, 1.54) is 6.42 Å². The third kappa shape index (κ3) is 4.99. The number of morpholine rings is 1. The first-order chi connectivity index (χ1) is 13.8. The van der Waals surface area contributed by atoms with E-state index in [-0.39, 0.29) is 5.91 Å². The van der Waals surface area contributed by atoms with Gasteiger partial charge in [-0.2, -0.15) is 4.98 Å². The first kappa shape index (κ1) is 19.1. The average molecular weight is 388 g/mol. The molecular formula is C20H28N4O4. The Labute approximate surface area is 164 Å². The van der Waals surface area contributed by atoms with Crippen LogP contribution in [0.5, 0.6) is 0 Å². The van der Waals surface area contributed by atoms with Crippen LogP contribution in [0.2, 0.25) is 0 Å². The fraction of sp³-hybridized carbons (Fsp3) is 0.650. The summed E-state index contributed by atoms with van der Waals surface area (Å²) in [5.41, 5.74) is 0. The van der Waals surface area contributed by atoms with E-state index in [9.17, 15) is 4.79 Å². The molecule has 0 saturated carbocycles. The molecule has 8 nitrogen and oxygen atoms in total. The summed E-state index contributed by atoms with van der Waals surface area (Å²) >= 11 is 0. The molecule has 1 amide bonds. The van der Waals surface area contributed by atoms with Crippen LogP contribution in [0.4, 0.5) is 0 Å². The largest absolute Gasteiger partial charge is 0.461 e. The van der Waals surface area contributed by atoms with Crippen LogP contribution in [0.3, 0.4) is 0 Å². The number of hydrogen-bond acceptors (Lipinski definition) is 7. The lowest BCUT2D eigenvalue weighted by Gasteiger charge is -2.34. The number of ether oxygens (including phenoxy) is 1. The van der Waals surface area contributed by atoms with Crippen LogP contribution in [-0.4, -0.2) is 71.8 Å². The molecule has 2 fully saturated rings. The van der Waals surface area contributed by atoms with Gasteiger partial charge in [0.1, 0.15) is 0 Å². The summed E-state index contributed by atoms with van der Waals surface area (Å²) in [5, 5.41) is 3.90. The summed E-state index contributed by atoms with van der Waals surface area (Å²) in [4.78, 5) is 21.3. The highest BCUT2D eigenvalue weighted by Gasteiger charge is 2.24. The molecule has 2 aromatic heterocycles. The number of amides is 1. The Hall–Kier alpha value is -2.19. The van der Waals surface area contributed by atoms with E-state index in [2.05, 4.69) is 15.0 Å². The Balaban J connectivity index is 1.16. The Morgan fingerprint density at radius 3 is 2.75 bits per heavy atom. The maximum absolute atomic E-state index is 12.5. The van der Waals surface area contributed by atoms with Crippen LogP contribution in [0.25, 0.3) is 11.6 Å². The van der Waals surface area contributed by atoms with Gasteiger partial charge in [-0.3, -0.25) is 9.69 Å². The van der Waals surface area contributed by atoms with Crippen molar-refractivity contribution in [2.75, 3.05) is 45.9 Å². The molecule has 0 aliphatic carbocycles. The number of likely N-dealkylation sites (tertiary alicyclic amines) is 1. The number of piperidine rings is 1. The Kier molecular flexibility index (Phi) is 6.38. The van der Waals surface area contributed by atoms with E-state index in [0.717, 1.165) is 64.7 Å². The second kappa shape index (κ2) is 9.34. The summed E-state index contributed by atoms with van der Waals surface area (Å²) in [7, 11) is 0. The summed E-state index contributed by atoms with van der Waals surface area (Å²) in [6.45, 7) is 6.68. The lowest BCUT2D eigenvalue weighted by Crippen LogP contribution is -2.40. The van der Waals surface area contributed by atoms with Crippen LogP contribution >= 0.6 is 0 Å². The van der Waals surface area contributed by atoms with Crippen molar-refractivity contribution >= 4 is 5.91 Å². The molecule has 2 saturated heterocycles. The first-order valence-electron chi connectivity index (χ1n) is 10.2. The van der Waals surface area contributed by atoms with Gasteiger partial charge in [-0.05, 0) is 43.9 Å². The van der Waals surface area contributed by atoms with E-state index >= 15 is 0 Å². The molecule has 2 aliphatic heterocycles. The second-order valence-electron chi connectivity index (χ2n) is 7.56. The van der Waals surface area contributed by atoms with Crippen molar-refractivity contribution in [1.82, 2.24) is 19.9 Å². The topological polar surface area (TPSA) is 84.8 Å². The highest BCUT2D eigenvalue weighted by Crippen LogP contribution is 2.22. The summed E-state index contributed by atoms with van der Waals surface area (Å²) < 4.78 is 15.9. The van der Waals surface area contributed by atoms with E-state index < -0.39 is 0 Å². The van der Waals surface area contributed by atoms with Gasteiger partial charge in [-0.1, -0.05) is 5.16 Å². The number of carbonyl (C=O) groups is 1. The Bertz CT molecular complexity index is 731. The number of aromatic nitrogens is 2. The zero-order valence-electron chi connectivity index (χ0n) is 16.2. The fourth-order valence-corrected chi connectivity index (χ4v) is 3.90. The normalized spacial score (nSPS) is 19.2. The standard InChI is InChI=1S/C20H28N4O4/c25-19(4-3-18-21-20(22-28-18)17-2-1-13-27-17)24-9-6-16(7-10-24)5-8-23-11-14-26-15-12-23/h1-2,13,16H,3-12,14-15H2. The van der Waals surface area contributed by atoms with Crippen LogP contribution in [0, 0.1) is 5.92 Å². The van der Waals surface area contributed by atoms with Crippen LogP contribution < -0.4 is 0 Å². The van der Waals surface area contributed by atoms with Crippen molar-refractivity contribution in [2.24, 2.45) is 5.92 Å². The monoisotopic (exact) mass is 388 g/mol. The summed E-state index contributed by atoms with van der Waals surface area (Å²) in [6, 6.07) is 3.56. The lowest BCUT2D eigenvalue weighted by molar-refractivity contribution is -0.132. The van der Waals surface area contributed by atoms with Gasteiger partial charge in [0.25, 0.3) is 0 Å². The number of rotatable bonds is 7. The van der Waals surface area contributed by atoms with Gasteiger partial charge in [-0.25, -0.2) is 0 Å². The fourth-order valence-electron chi connectivity index (χ4n) is 3.90. The molecule has 0 radical (unpaired) electrons. The highest BCUT2D eigenvalue weighted by atomic mass is 16.5. The maximum Gasteiger partial charge on any atom is 0.238 e. The van der Waals surface area contributed by atoms with Gasteiger partial charge in [0.15, 0.2) is 5.76 Å². The number of hydrogen-bond donors (Lipinski definition) is 0. The zero-order chi connectivity index (χ0) is 19.2. The number of nitrogens with zero attached hydrogens (tertiary/aromatic N) is 4. The van der Waals surface area contributed by atoms with Crippen molar-refractivity contribution in [3.8, 4) is 11.6 Å². The van der Waals surface area contributed by atoms with E-state index in [1.54, 1.807) is 18.4 Å². The quantitative estimate of drug-likeness (QED) is 0.719. The molecule has 0 aromatic carbocycles. The molecule has 2 aromatic rings. The van der Waals surface area contributed by atoms with Crippen molar-refractivity contribution in [2.45, 2.75) is 32.1 Å². The highest BCUT2D eigenvalue weighted by molar-refractivity contribution is 5.76. The lowest BCUT2D eigenvalue weighted by atomic mass is 9.93. The molecule has 4 heterocycles. The van der Waals surface area contributed by atoms with Crippen LogP contribution in [0.15, 0.2) is 27.3 Å². The third-order valence-electron chi connectivity index (χ3n) is 5.69. The van der Waals surface area contributed by atoms with E-state index in [1.807, 2.05) is 4.90 Å². The number of aryl methyl sites for hydroxylation is 1. The Morgan fingerprint density at radius 1 is 1.18 bits per heavy atom.